The predicted octanol–water partition coefficient (Wildman–Crippen LogP) is 13.9. The first-order valence-electron chi connectivity index (χ1n) is 18.6. The third-order valence-corrected chi connectivity index (χ3v) is 9.27. The monoisotopic (exact) mass is 643 g/mol. The molecule has 0 N–H and O–H groups in total. The Hall–Kier alpha value is -6.64. The van der Waals surface area contributed by atoms with E-state index in [9.17, 15) is 5.48 Å². The molecule has 0 radical (unpaired) electrons. The number of allylic oxidation sites excluding steroid dienone is 2. The summed E-state index contributed by atoms with van der Waals surface area (Å²) in [5, 5.41) is 5.96. The van der Waals surface area contributed by atoms with Crippen molar-refractivity contribution < 1.29 is 9.90 Å². The van der Waals surface area contributed by atoms with Gasteiger partial charge in [0.05, 0.1) is 11.2 Å². The second kappa shape index (κ2) is 12.4. The normalized spacial score (nSPS) is 12.7. The van der Waals surface area contributed by atoms with Crippen molar-refractivity contribution in [3.63, 3.8) is 0 Å². The highest BCUT2D eigenvalue weighted by molar-refractivity contribution is 6.17. The van der Waals surface area contributed by atoms with Gasteiger partial charge < -0.3 is 9.32 Å². The Balaban J connectivity index is 1.32. The molecule has 2 heteroatoms. The van der Waals surface area contributed by atoms with E-state index in [1.807, 2.05) is 132 Å². The highest BCUT2D eigenvalue weighted by atomic mass is 16.3. The molecular weight excluding hydrogens is 607 g/mol. The largest absolute Gasteiger partial charge is 0.455 e. The molecule has 0 saturated carbocycles. The van der Waals surface area contributed by atoms with Gasteiger partial charge in [-0.15, -0.1) is 0 Å². The molecule has 0 aliphatic rings. The van der Waals surface area contributed by atoms with Gasteiger partial charge in [-0.05, 0) is 69.2 Å². The number of fused-ring (bicyclic) bond motifs is 6. The topological polar surface area (TPSA) is 16.4 Å². The van der Waals surface area contributed by atoms with Gasteiger partial charge in [-0.3, -0.25) is 0 Å². The van der Waals surface area contributed by atoms with E-state index in [0.29, 0.717) is 16.9 Å². The van der Waals surface area contributed by atoms with Gasteiger partial charge in [0.25, 0.3) is 0 Å². The first-order chi connectivity index (χ1) is 26.4. The van der Waals surface area contributed by atoms with Crippen LogP contribution in [0.5, 0.6) is 0 Å². The summed E-state index contributed by atoms with van der Waals surface area (Å²) in [4.78, 5) is 1.85. The third kappa shape index (κ3) is 5.06. The van der Waals surface area contributed by atoms with E-state index in [1.54, 1.807) is 6.08 Å². The molecule has 0 aliphatic carbocycles. The molecule has 50 heavy (non-hydrogen) atoms. The lowest BCUT2D eigenvalue weighted by Crippen LogP contribution is -2.11. The Morgan fingerprint density at radius 3 is 2.02 bits per heavy atom. The fourth-order valence-electron chi connectivity index (χ4n) is 6.97. The molecule has 0 unspecified atom stereocenters. The number of hydrogen-bond acceptors (Lipinski definition) is 2. The standard InChI is InChI=1S/C48H33NO/c1-2-3-13-33-14-10-18-38(32-33)49(37-29-26-36(27-30-37)40-22-11-17-34-15-4-6-19-39(34)40)46-25-9-8-21-42(46)43-23-12-24-44-45-31-28-35-16-5-7-20-41(35)47(45)50-48(43)44/h2-32H,1H2/b13-3-/i26D,27D,29D,30D. The van der Waals surface area contributed by atoms with Crippen LogP contribution in [0.25, 0.3) is 71.8 Å². The van der Waals surface area contributed by atoms with Crippen molar-refractivity contribution in [1.29, 1.82) is 0 Å². The summed E-state index contributed by atoms with van der Waals surface area (Å²) < 4.78 is 44.9. The van der Waals surface area contributed by atoms with Crippen LogP contribution in [-0.2, 0) is 0 Å². The van der Waals surface area contributed by atoms with Gasteiger partial charge in [-0.25, -0.2) is 0 Å². The van der Waals surface area contributed by atoms with Gasteiger partial charge in [-0.2, -0.15) is 0 Å². The molecule has 0 fully saturated rings. The third-order valence-electron chi connectivity index (χ3n) is 9.27. The first-order valence-corrected chi connectivity index (χ1v) is 16.6. The lowest BCUT2D eigenvalue weighted by Gasteiger charge is -2.28. The minimum absolute atomic E-state index is 0.112. The zero-order valence-corrected chi connectivity index (χ0v) is 27.2. The zero-order valence-electron chi connectivity index (χ0n) is 31.2. The summed E-state index contributed by atoms with van der Waals surface area (Å²) in [7, 11) is 0. The van der Waals surface area contributed by atoms with E-state index in [1.165, 1.54) is 0 Å². The second-order valence-corrected chi connectivity index (χ2v) is 12.2. The molecule has 0 atom stereocenters. The summed E-state index contributed by atoms with van der Waals surface area (Å²) in [6.07, 6.45) is 5.52. The van der Waals surface area contributed by atoms with E-state index >= 15 is 0 Å². The maximum atomic E-state index is 9.60. The van der Waals surface area contributed by atoms with E-state index in [-0.39, 0.29) is 35.4 Å². The quantitative estimate of drug-likeness (QED) is 0.161. The fourth-order valence-corrected chi connectivity index (χ4v) is 6.97. The maximum Gasteiger partial charge on any atom is 0.143 e. The number of para-hydroxylation sites is 2. The number of nitrogens with zero attached hydrogens (tertiary/aromatic N) is 1. The maximum absolute atomic E-state index is 9.60. The van der Waals surface area contributed by atoms with Crippen LogP contribution in [0.15, 0.2) is 193 Å². The van der Waals surface area contributed by atoms with Gasteiger partial charge in [0.2, 0.25) is 0 Å². The molecule has 1 heterocycles. The van der Waals surface area contributed by atoms with Crippen LogP contribution < -0.4 is 4.90 Å². The number of furan rings is 1. The van der Waals surface area contributed by atoms with Gasteiger partial charge >= 0.3 is 0 Å². The lowest BCUT2D eigenvalue weighted by molar-refractivity contribution is 0.674. The van der Waals surface area contributed by atoms with Gasteiger partial charge in [0.1, 0.15) is 11.2 Å². The van der Waals surface area contributed by atoms with Crippen LogP contribution in [0.1, 0.15) is 11.0 Å². The van der Waals surface area contributed by atoms with Crippen molar-refractivity contribution in [2.24, 2.45) is 0 Å². The Kier molecular flexibility index (Phi) is 6.31. The van der Waals surface area contributed by atoms with Crippen LogP contribution in [0.2, 0.25) is 0 Å². The molecule has 236 valence electrons. The summed E-state index contributed by atoms with van der Waals surface area (Å²) in [5.74, 6) is 0. The Bertz CT molecular complexity index is 2940. The molecular formula is C48H33NO. The van der Waals surface area contributed by atoms with E-state index in [2.05, 4.69) is 36.9 Å². The minimum Gasteiger partial charge on any atom is -0.455 e. The van der Waals surface area contributed by atoms with Crippen LogP contribution in [-0.4, -0.2) is 0 Å². The zero-order chi connectivity index (χ0) is 36.9. The van der Waals surface area contributed by atoms with Crippen molar-refractivity contribution in [2.45, 2.75) is 0 Å². The van der Waals surface area contributed by atoms with Crippen LogP contribution >= 0.6 is 0 Å². The Morgan fingerprint density at radius 1 is 0.520 bits per heavy atom. The predicted molar refractivity (Wildman–Crippen MR) is 214 cm³/mol. The molecule has 0 saturated heterocycles. The molecule has 9 aromatic rings. The van der Waals surface area contributed by atoms with Gasteiger partial charge in [-0.1, -0.05) is 158 Å². The van der Waals surface area contributed by atoms with Crippen molar-refractivity contribution >= 4 is 66.6 Å². The van der Waals surface area contributed by atoms with Gasteiger partial charge in [0, 0.05) is 38.7 Å². The molecule has 0 amide bonds. The second-order valence-electron chi connectivity index (χ2n) is 12.2. The van der Waals surface area contributed by atoms with Gasteiger partial charge in [0.15, 0.2) is 0 Å². The average molecular weight is 644 g/mol. The van der Waals surface area contributed by atoms with E-state index < -0.39 is 0 Å². The molecule has 1 aromatic heterocycles. The van der Waals surface area contributed by atoms with Crippen molar-refractivity contribution in [2.75, 3.05) is 4.90 Å². The number of hydrogen-bond donors (Lipinski definition) is 0. The molecule has 8 aromatic carbocycles. The lowest BCUT2D eigenvalue weighted by atomic mass is 9.97. The van der Waals surface area contributed by atoms with Crippen molar-refractivity contribution in [3.05, 3.63) is 194 Å². The SMILES string of the molecule is [2H]c1c([2H])c(N(c2cccc(/C=C\C=C)c2)c2ccccc2-c2cccc3c2oc2c4ccccc4ccc32)c([2H])c([2H])c1-c1cccc2ccccc12. The number of benzene rings is 8. The molecule has 0 spiro atoms. The first kappa shape index (κ1) is 25.4. The van der Waals surface area contributed by atoms with Crippen molar-refractivity contribution in [1.82, 2.24) is 0 Å². The summed E-state index contributed by atoms with van der Waals surface area (Å²) in [5.41, 5.74) is 6.52. The summed E-state index contributed by atoms with van der Waals surface area (Å²) >= 11 is 0. The number of anilines is 3. The van der Waals surface area contributed by atoms with Crippen LogP contribution in [0, 0.1) is 0 Å². The highest BCUT2D eigenvalue weighted by Crippen LogP contribution is 2.45. The molecule has 2 nitrogen and oxygen atoms in total. The van der Waals surface area contributed by atoms with E-state index in [0.717, 1.165) is 60.2 Å². The van der Waals surface area contributed by atoms with Crippen molar-refractivity contribution in [3.8, 4) is 22.3 Å². The summed E-state index contributed by atoms with van der Waals surface area (Å²) in [6.45, 7) is 3.83. The fraction of sp³-hybridized carbons (Fsp3) is 0. The Morgan fingerprint density at radius 2 is 1.16 bits per heavy atom. The average Bonchev–Trinajstić information content (AvgIpc) is 3.61. The molecule has 0 aliphatic heterocycles. The smallest absolute Gasteiger partial charge is 0.143 e. The Labute approximate surface area is 297 Å². The molecule has 0 bridgehead atoms. The minimum atomic E-state index is -0.144. The van der Waals surface area contributed by atoms with Crippen LogP contribution in [0.3, 0.4) is 0 Å². The highest BCUT2D eigenvalue weighted by Gasteiger charge is 2.21. The number of rotatable bonds is 7. The van der Waals surface area contributed by atoms with Crippen LogP contribution in [0.4, 0.5) is 17.1 Å². The molecule has 9 rings (SSSR count). The van der Waals surface area contributed by atoms with E-state index in [4.69, 9.17) is 4.42 Å². The summed E-state index contributed by atoms with van der Waals surface area (Å²) in [6, 6.07) is 47.3.